The van der Waals surface area contributed by atoms with Crippen molar-refractivity contribution in [2.24, 2.45) is 0 Å². The van der Waals surface area contributed by atoms with Crippen LogP contribution in [-0.4, -0.2) is 24.3 Å². The number of hydrogen-bond acceptors (Lipinski definition) is 3. The Hall–Kier alpha value is -2.69. The van der Waals surface area contributed by atoms with Crippen LogP contribution in [0, 0.1) is 5.82 Å². The molecule has 0 fully saturated rings. The summed E-state index contributed by atoms with van der Waals surface area (Å²) >= 11 is 0. The Labute approximate surface area is 134 Å². The predicted molar refractivity (Wildman–Crippen MR) is 85.3 cm³/mol. The summed E-state index contributed by atoms with van der Waals surface area (Å²) in [5, 5.41) is 2.78. The van der Waals surface area contributed by atoms with Gasteiger partial charge in [-0.15, -0.1) is 0 Å². The Morgan fingerprint density at radius 2 is 1.74 bits per heavy atom. The van der Waals surface area contributed by atoms with Crippen molar-refractivity contribution in [3.05, 3.63) is 65.5 Å². The SMILES string of the molecule is CC(C)NC(=O)c1ccccc1OCC(=O)c1ccc(F)cc1. The van der Waals surface area contributed by atoms with E-state index in [1.54, 1.807) is 24.3 Å². The highest BCUT2D eigenvalue weighted by Crippen LogP contribution is 2.18. The zero-order valence-corrected chi connectivity index (χ0v) is 13.0. The van der Waals surface area contributed by atoms with Crippen molar-refractivity contribution in [1.82, 2.24) is 5.32 Å². The lowest BCUT2D eigenvalue weighted by Gasteiger charge is -2.13. The molecule has 0 bridgehead atoms. The molecule has 1 N–H and O–H groups in total. The summed E-state index contributed by atoms with van der Waals surface area (Å²) in [6, 6.07) is 12.0. The van der Waals surface area contributed by atoms with Crippen LogP contribution in [0.5, 0.6) is 5.75 Å². The summed E-state index contributed by atoms with van der Waals surface area (Å²) in [5.74, 6) is -0.617. The van der Waals surface area contributed by atoms with Crippen LogP contribution < -0.4 is 10.1 Å². The van der Waals surface area contributed by atoms with Crippen molar-refractivity contribution in [1.29, 1.82) is 0 Å². The molecule has 0 heterocycles. The molecular weight excluding hydrogens is 297 g/mol. The van der Waals surface area contributed by atoms with Crippen LogP contribution in [0.1, 0.15) is 34.6 Å². The predicted octanol–water partition coefficient (Wildman–Crippen LogP) is 3.23. The fraction of sp³-hybridized carbons (Fsp3) is 0.222. The van der Waals surface area contributed by atoms with Crippen molar-refractivity contribution in [2.45, 2.75) is 19.9 Å². The molecule has 0 spiro atoms. The maximum Gasteiger partial charge on any atom is 0.255 e. The number of halogens is 1. The molecular formula is C18H18FNO3. The first kappa shape index (κ1) is 16.7. The van der Waals surface area contributed by atoms with Gasteiger partial charge in [-0.1, -0.05) is 12.1 Å². The number of hydrogen-bond donors (Lipinski definition) is 1. The maximum atomic E-state index is 12.9. The normalized spacial score (nSPS) is 10.4. The second kappa shape index (κ2) is 7.54. The third-order valence-electron chi connectivity index (χ3n) is 3.08. The Morgan fingerprint density at radius 1 is 1.09 bits per heavy atom. The molecule has 2 rings (SSSR count). The van der Waals surface area contributed by atoms with E-state index in [1.165, 1.54) is 24.3 Å². The number of para-hydroxylation sites is 1. The number of carbonyl (C=O) groups is 2. The Balaban J connectivity index is 2.07. The van der Waals surface area contributed by atoms with Crippen LogP contribution in [0.15, 0.2) is 48.5 Å². The van der Waals surface area contributed by atoms with E-state index >= 15 is 0 Å². The Bertz CT molecular complexity index is 696. The third kappa shape index (κ3) is 4.64. The third-order valence-corrected chi connectivity index (χ3v) is 3.08. The Kier molecular flexibility index (Phi) is 5.46. The molecule has 23 heavy (non-hydrogen) atoms. The van der Waals surface area contributed by atoms with E-state index in [2.05, 4.69) is 5.32 Å². The van der Waals surface area contributed by atoms with Gasteiger partial charge in [0.05, 0.1) is 5.56 Å². The van der Waals surface area contributed by atoms with Gasteiger partial charge in [0.1, 0.15) is 11.6 Å². The van der Waals surface area contributed by atoms with Gasteiger partial charge in [-0.2, -0.15) is 0 Å². The zero-order valence-electron chi connectivity index (χ0n) is 13.0. The van der Waals surface area contributed by atoms with Gasteiger partial charge in [0.25, 0.3) is 5.91 Å². The molecule has 0 atom stereocenters. The average Bonchev–Trinajstić information content (AvgIpc) is 2.53. The van der Waals surface area contributed by atoms with E-state index in [-0.39, 0.29) is 24.3 Å². The lowest BCUT2D eigenvalue weighted by Crippen LogP contribution is -2.30. The zero-order chi connectivity index (χ0) is 16.8. The van der Waals surface area contributed by atoms with Gasteiger partial charge in [-0.3, -0.25) is 9.59 Å². The number of amides is 1. The highest BCUT2D eigenvalue weighted by Gasteiger charge is 2.14. The van der Waals surface area contributed by atoms with E-state index < -0.39 is 5.82 Å². The van der Waals surface area contributed by atoms with Gasteiger partial charge in [0, 0.05) is 11.6 Å². The molecule has 0 aliphatic carbocycles. The van der Waals surface area contributed by atoms with Gasteiger partial charge in [0.15, 0.2) is 12.4 Å². The van der Waals surface area contributed by atoms with Crippen molar-refractivity contribution in [3.8, 4) is 5.75 Å². The van der Waals surface area contributed by atoms with E-state index in [1.807, 2.05) is 13.8 Å². The molecule has 0 unspecified atom stereocenters. The fourth-order valence-electron chi connectivity index (χ4n) is 1.98. The van der Waals surface area contributed by atoms with Crippen LogP contribution in [0.2, 0.25) is 0 Å². The van der Waals surface area contributed by atoms with Crippen molar-refractivity contribution < 1.29 is 18.7 Å². The minimum absolute atomic E-state index is 0.00333. The molecule has 5 heteroatoms. The first-order valence-corrected chi connectivity index (χ1v) is 7.29. The Morgan fingerprint density at radius 3 is 2.39 bits per heavy atom. The largest absolute Gasteiger partial charge is 0.485 e. The molecule has 0 aliphatic rings. The summed E-state index contributed by atoms with van der Waals surface area (Å²) in [7, 11) is 0. The number of ether oxygens (including phenoxy) is 1. The summed E-state index contributed by atoms with van der Waals surface area (Å²) in [5.41, 5.74) is 0.726. The summed E-state index contributed by atoms with van der Waals surface area (Å²) in [4.78, 5) is 24.2. The average molecular weight is 315 g/mol. The number of nitrogens with one attached hydrogen (secondary N) is 1. The maximum absolute atomic E-state index is 12.9. The monoisotopic (exact) mass is 315 g/mol. The number of rotatable bonds is 6. The summed E-state index contributed by atoms with van der Waals surface area (Å²) < 4.78 is 18.3. The highest BCUT2D eigenvalue weighted by atomic mass is 19.1. The second-order valence-electron chi connectivity index (χ2n) is 5.34. The van der Waals surface area contributed by atoms with E-state index in [9.17, 15) is 14.0 Å². The molecule has 1 amide bonds. The molecule has 0 saturated carbocycles. The quantitative estimate of drug-likeness (QED) is 0.833. The lowest BCUT2D eigenvalue weighted by molar-refractivity contribution is 0.0900. The summed E-state index contributed by atoms with van der Waals surface area (Å²) in [6.07, 6.45) is 0. The molecule has 0 aromatic heterocycles. The van der Waals surface area contributed by atoms with Crippen LogP contribution in [0.3, 0.4) is 0 Å². The van der Waals surface area contributed by atoms with Gasteiger partial charge in [0.2, 0.25) is 0 Å². The van der Waals surface area contributed by atoms with Crippen molar-refractivity contribution in [2.75, 3.05) is 6.61 Å². The van der Waals surface area contributed by atoms with E-state index in [0.717, 1.165) is 0 Å². The number of Topliss-reactive ketones (excluding diaryl/α,β-unsaturated/α-hetero) is 1. The minimum atomic E-state index is -0.404. The van der Waals surface area contributed by atoms with Crippen LogP contribution in [0.25, 0.3) is 0 Å². The van der Waals surface area contributed by atoms with Gasteiger partial charge >= 0.3 is 0 Å². The molecule has 0 saturated heterocycles. The minimum Gasteiger partial charge on any atom is -0.485 e. The molecule has 0 radical (unpaired) electrons. The lowest BCUT2D eigenvalue weighted by atomic mass is 10.1. The number of benzene rings is 2. The number of carbonyl (C=O) groups excluding carboxylic acids is 2. The second-order valence-corrected chi connectivity index (χ2v) is 5.34. The van der Waals surface area contributed by atoms with Gasteiger partial charge < -0.3 is 10.1 Å². The number of ketones is 1. The molecule has 120 valence electrons. The first-order chi connectivity index (χ1) is 11.0. The molecule has 2 aromatic rings. The van der Waals surface area contributed by atoms with Crippen LogP contribution in [-0.2, 0) is 0 Å². The van der Waals surface area contributed by atoms with Crippen molar-refractivity contribution >= 4 is 11.7 Å². The first-order valence-electron chi connectivity index (χ1n) is 7.29. The smallest absolute Gasteiger partial charge is 0.255 e. The summed E-state index contributed by atoms with van der Waals surface area (Å²) in [6.45, 7) is 3.50. The van der Waals surface area contributed by atoms with Crippen LogP contribution in [0.4, 0.5) is 4.39 Å². The van der Waals surface area contributed by atoms with E-state index in [4.69, 9.17) is 4.74 Å². The molecule has 2 aromatic carbocycles. The topological polar surface area (TPSA) is 55.4 Å². The van der Waals surface area contributed by atoms with Gasteiger partial charge in [-0.05, 0) is 50.2 Å². The fourth-order valence-corrected chi connectivity index (χ4v) is 1.98. The van der Waals surface area contributed by atoms with Gasteiger partial charge in [-0.25, -0.2) is 4.39 Å². The van der Waals surface area contributed by atoms with E-state index in [0.29, 0.717) is 16.9 Å². The van der Waals surface area contributed by atoms with Crippen LogP contribution >= 0.6 is 0 Å². The molecule has 0 aliphatic heterocycles. The standard InChI is InChI=1S/C18H18FNO3/c1-12(2)20-18(22)15-5-3-4-6-17(15)23-11-16(21)13-7-9-14(19)10-8-13/h3-10,12H,11H2,1-2H3,(H,20,22). The van der Waals surface area contributed by atoms with Crippen molar-refractivity contribution in [3.63, 3.8) is 0 Å². The molecule has 4 nitrogen and oxygen atoms in total. The highest BCUT2D eigenvalue weighted by molar-refractivity contribution is 5.98.